The molecule has 1 saturated heterocycles. The van der Waals surface area contributed by atoms with Gasteiger partial charge in [0.15, 0.2) is 5.78 Å². The summed E-state index contributed by atoms with van der Waals surface area (Å²) in [4.78, 5) is 28.8. The molecule has 1 aliphatic heterocycles. The van der Waals surface area contributed by atoms with Gasteiger partial charge in [0.2, 0.25) is 0 Å². The fourth-order valence-electron chi connectivity index (χ4n) is 3.84. The van der Waals surface area contributed by atoms with Crippen molar-refractivity contribution in [3.63, 3.8) is 0 Å². The summed E-state index contributed by atoms with van der Waals surface area (Å²) < 4.78 is 5.49. The monoisotopic (exact) mass is 452 g/mol. The van der Waals surface area contributed by atoms with Crippen molar-refractivity contribution in [2.45, 2.75) is 13.8 Å². The van der Waals surface area contributed by atoms with E-state index in [-0.39, 0.29) is 11.7 Å². The molecule has 0 bridgehead atoms. The lowest BCUT2D eigenvalue weighted by Crippen LogP contribution is -2.48. The van der Waals surface area contributed by atoms with Crippen molar-refractivity contribution in [1.29, 1.82) is 0 Å². The van der Waals surface area contributed by atoms with E-state index in [0.717, 1.165) is 11.3 Å². The molecule has 7 nitrogen and oxygen atoms in total. The van der Waals surface area contributed by atoms with E-state index >= 15 is 0 Å². The first-order valence-corrected chi connectivity index (χ1v) is 11.0. The van der Waals surface area contributed by atoms with E-state index in [4.69, 9.17) is 16.3 Å². The highest BCUT2D eigenvalue weighted by atomic mass is 35.5. The highest BCUT2D eigenvalue weighted by Gasteiger charge is 2.25. The van der Waals surface area contributed by atoms with Gasteiger partial charge in [-0.1, -0.05) is 11.6 Å². The van der Waals surface area contributed by atoms with Gasteiger partial charge in [0, 0.05) is 43.0 Å². The van der Waals surface area contributed by atoms with Crippen LogP contribution in [0.25, 0.3) is 11.3 Å². The van der Waals surface area contributed by atoms with Crippen molar-refractivity contribution in [3.8, 4) is 17.0 Å². The van der Waals surface area contributed by atoms with Gasteiger partial charge in [-0.3, -0.25) is 14.7 Å². The Kier molecular flexibility index (Phi) is 6.46. The van der Waals surface area contributed by atoms with Crippen molar-refractivity contribution in [2.75, 3.05) is 37.7 Å². The number of carbonyl (C=O) groups is 2. The number of ether oxygens (including phenoxy) is 1. The Balaban J connectivity index is 1.45. The molecule has 3 aromatic rings. The Labute approximate surface area is 191 Å². The van der Waals surface area contributed by atoms with Crippen LogP contribution in [0.5, 0.6) is 5.75 Å². The molecule has 8 heteroatoms. The van der Waals surface area contributed by atoms with Crippen molar-refractivity contribution in [1.82, 2.24) is 15.1 Å². The predicted octanol–water partition coefficient (Wildman–Crippen LogP) is 4.29. The highest BCUT2D eigenvalue weighted by molar-refractivity contribution is 6.32. The molecule has 0 radical (unpaired) electrons. The molecule has 2 aromatic carbocycles. The third kappa shape index (κ3) is 4.48. The summed E-state index contributed by atoms with van der Waals surface area (Å²) in [5.41, 5.74) is 3.69. The smallest absolute Gasteiger partial charge is 0.257 e. The number of aromatic amines is 1. The predicted molar refractivity (Wildman–Crippen MR) is 125 cm³/mol. The topological polar surface area (TPSA) is 78.5 Å². The van der Waals surface area contributed by atoms with Crippen LogP contribution in [0.15, 0.2) is 48.7 Å². The lowest BCUT2D eigenvalue weighted by molar-refractivity contribution is 0.0747. The molecular weight excluding hydrogens is 428 g/mol. The van der Waals surface area contributed by atoms with Crippen LogP contribution in [0.1, 0.15) is 34.6 Å². The van der Waals surface area contributed by atoms with E-state index in [1.165, 1.54) is 0 Å². The number of nitrogens with zero attached hydrogens (tertiary/aromatic N) is 3. The van der Waals surface area contributed by atoms with Gasteiger partial charge in [-0.2, -0.15) is 5.10 Å². The fraction of sp³-hybridized carbons (Fsp3) is 0.292. The first kappa shape index (κ1) is 21.9. The number of H-pyrrole nitrogens is 1. The van der Waals surface area contributed by atoms with Gasteiger partial charge in [-0.05, 0) is 56.3 Å². The zero-order valence-electron chi connectivity index (χ0n) is 18.1. The number of anilines is 1. The van der Waals surface area contributed by atoms with Crippen LogP contribution in [-0.2, 0) is 0 Å². The van der Waals surface area contributed by atoms with E-state index in [2.05, 4.69) is 15.1 Å². The van der Waals surface area contributed by atoms with Crippen LogP contribution in [0.4, 0.5) is 5.69 Å². The standard InChI is InChI=1S/C24H25ClN4O3/c1-3-32-22-9-6-18(14-21(22)25)23-20(15-26-27-23)24(31)29-12-10-28(11-13-29)19-7-4-17(5-8-19)16(2)30/h4-9,14-15H,3,10-13H2,1-2H3,(H,26,27). The zero-order chi connectivity index (χ0) is 22.7. The van der Waals surface area contributed by atoms with Crippen LogP contribution in [0.2, 0.25) is 5.02 Å². The summed E-state index contributed by atoms with van der Waals surface area (Å²) in [6.07, 6.45) is 1.56. The third-order valence-electron chi connectivity index (χ3n) is 5.60. The van der Waals surface area contributed by atoms with E-state index in [1.807, 2.05) is 42.2 Å². The van der Waals surface area contributed by atoms with Gasteiger partial charge in [0.25, 0.3) is 5.91 Å². The van der Waals surface area contributed by atoms with E-state index in [0.29, 0.717) is 60.4 Å². The Morgan fingerprint density at radius 2 is 1.81 bits per heavy atom. The summed E-state index contributed by atoms with van der Waals surface area (Å²) in [5.74, 6) is 0.597. The van der Waals surface area contributed by atoms with Crippen LogP contribution in [0, 0.1) is 0 Å². The second-order valence-corrected chi connectivity index (χ2v) is 8.03. The summed E-state index contributed by atoms with van der Waals surface area (Å²) in [7, 11) is 0. The van der Waals surface area contributed by atoms with Gasteiger partial charge < -0.3 is 14.5 Å². The van der Waals surface area contributed by atoms with Gasteiger partial charge in [0.05, 0.1) is 29.1 Å². The van der Waals surface area contributed by atoms with E-state index in [9.17, 15) is 9.59 Å². The number of aromatic nitrogens is 2. The molecule has 32 heavy (non-hydrogen) atoms. The maximum Gasteiger partial charge on any atom is 0.257 e. The number of halogens is 1. The number of nitrogens with one attached hydrogen (secondary N) is 1. The van der Waals surface area contributed by atoms with Crippen LogP contribution >= 0.6 is 11.6 Å². The van der Waals surface area contributed by atoms with Crippen LogP contribution < -0.4 is 9.64 Å². The zero-order valence-corrected chi connectivity index (χ0v) is 18.9. The van der Waals surface area contributed by atoms with E-state index in [1.54, 1.807) is 25.3 Å². The number of Topliss-reactive ketones (excluding diaryl/α,β-unsaturated/α-hetero) is 1. The largest absolute Gasteiger partial charge is 0.492 e. The molecule has 0 atom stereocenters. The SMILES string of the molecule is CCOc1ccc(-c2[nH]ncc2C(=O)N2CCN(c3ccc(C(C)=O)cc3)CC2)cc1Cl. The lowest BCUT2D eigenvalue weighted by Gasteiger charge is -2.36. The second kappa shape index (κ2) is 9.44. The molecule has 2 heterocycles. The molecule has 1 amide bonds. The van der Waals surface area contributed by atoms with Crippen molar-refractivity contribution in [2.24, 2.45) is 0 Å². The minimum atomic E-state index is -0.0645. The van der Waals surface area contributed by atoms with E-state index < -0.39 is 0 Å². The number of piperazine rings is 1. The Morgan fingerprint density at radius 1 is 1.09 bits per heavy atom. The van der Waals surface area contributed by atoms with Crippen molar-refractivity contribution >= 4 is 29.0 Å². The fourth-order valence-corrected chi connectivity index (χ4v) is 4.08. The number of benzene rings is 2. The van der Waals surface area contributed by atoms with Crippen LogP contribution in [-0.4, -0.2) is 59.6 Å². The number of hydrogen-bond acceptors (Lipinski definition) is 5. The molecule has 166 valence electrons. The summed E-state index contributed by atoms with van der Waals surface area (Å²) in [5, 5.41) is 7.53. The molecule has 0 unspecified atom stereocenters. The Hall–Kier alpha value is -3.32. The number of rotatable bonds is 6. The maximum atomic E-state index is 13.2. The Bertz CT molecular complexity index is 1120. The molecule has 0 aliphatic carbocycles. The first-order chi connectivity index (χ1) is 15.5. The van der Waals surface area contributed by atoms with Gasteiger partial charge in [-0.25, -0.2) is 0 Å². The molecule has 1 aromatic heterocycles. The third-order valence-corrected chi connectivity index (χ3v) is 5.89. The van der Waals surface area contributed by atoms with Crippen molar-refractivity contribution in [3.05, 3.63) is 64.8 Å². The average molecular weight is 453 g/mol. The number of hydrogen-bond donors (Lipinski definition) is 1. The minimum absolute atomic E-state index is 0.0525. The highest BCUT2D eigenvalue weighted by Crippen LogP contribution is 2.31. The van der Waals surface area contributed by atoms with Crippen molar-refractivity contribution < 1.29 is 14.3 Å². The quantitative estimate of drug-likeness (QED) is 0.564. The summed E-state index contributed by atoms with van der Waals surface area (Å²) in [6.45, 7) is 6.62. The molecule has 1 fully saturated rings. The normalized spacial score (nSPS) is 13.8. The maximum absolute atomic E-state index is 13.2. The summed E-state index contributed by atoms with van der Waals surface area (Å²) >= 11 is 6.33. The number of ketones is 1. The Morgan fingerprint density at radius 3 is 2.44 bits per heavy atom. The number of amides is 1. The lowest BCUT2D eigenvalue weighted by atomic mass is 10.1. The van der Waals surface area contributed by atoms with Gasteiger partial charge in [0.1, 0.15) is 5.75 Å². The molecule has 1 N–H and O–H groups in total. The molecular formula is C24H25ClN4O3. The average Bonchev–Trinajstić information content (AvgIpc) is 3.30. The molecule has 4 rings (SSSR count). The molecule has 0 spiro atoms. The van der Waals surface area contributed by atoms with Gasteiger partial charge in [-0.15, -0.1) is 0 Å². The number of carbonyl (C=O) groups excluding carboxylic acids is 2. The second-order valence-electron chi connectivity index (χ2n) is 7.62. The summed E-state index contributed by atoms with van der Waals surface area (Å²) in [6, 6.07) is 13.0. The van der Waals surface area contributed by atoms with Gasteiger partial charge >= 0.3 is 0 Å². The first-order valence-electron chi connectivity index (χ1n) is 10.6. The van der Waals surface area contributed by atoms with Crippen LogP contribution in [0.3, 0.4) is 0 Å². The minimum Gasteiger partial charge on any atom is -0.492 e. The molecule has 1 aliphatic rings. The molecule has 0 saturated carbocycles.